The van der Waals surface area contributed by atoms with Gasteiger partial charge in [-0.15, -0.1) is 11.3 Å². The molecule has 0 aliphatic rings. The van der Waals surface area contributed by atoms with Crippen LogP contribution in [0.3, 0.4) is 0 Å². The minimum atomic E-state index is 0.578. The average molecular weight is 312 g/mol. The number of ether oxygens (including phenoxy) is 1. The van der Waals surface area contributed by atoms with Gasteiger partial charge in [0.05, 0.1) is 11.6 Å². The Labute approximate surface area is 132 Å². The van der Waals surface area contributed by atoms with Gasteiger partial charge in [0.15, 0.2) is 5.96 Å². The van der Waals surface area contributed by atoms with E-state index in [1.165, 1.54) is 9.88 Å². The van der Waals surface area contributed by atoms with Crippen LogP contribution in [-0.4, -0.2) is 44.3 Å². The third-order valence-electron chi connectivity index (χ3n) is 2.79. The van der Waals surface area contributed by atoms with Crippen molar-refractivity contribution >= 4 is 17.3 Å². The second-order valence-corrected chi connectivity index (χ2v) is 6.42. The summed E-state index contributed by atoms with van der Waals surface area (Å²) in [5.74, 6) is 1.39. The van der Waals surface area contributed by atoms with Gasteiger partial charge in [0, 0.05) is 44.2 Å². The van der Waals surface area contributed by atoms with Crippen molar-refractivity contribution < 1.29 is 4.74 Å². The molecule has 0 aromatic carbocycles. The molecular formula is C15H28N4OS. The van der Waals surface area contributed by atoms with E-state index in [0.29, 0.717) is 12.5 Å². The van der Waals surface area contributed by atoms with E-state index in [2.05, 4.69) is 41.4 Å². The first-order valence-corrected chi connectivity index (χ1v) is 8.43. The van der Waals surface area contributed by atoms with Crippen LogP contribution in [0.5, 0.6) is 0 Å². The maximum Gasteiger partial charge on any atom is 0.191 e. The summed E-state index contributed by atoms with van der Waals surface area (Å²) >= 11 is 1.79. The number of aliphatic imine (C=N–C) groups is 1. The van der Waals surface area contributed by atoms with E-state index in [4.69, 9.17) is 4.74 Å². The molecule has 0 saturated carbocycles. The Morgan fingerprint density at radius 3 is 2.76 bits per heavy atom. The molecule has 0 saturated heterocycles. The lowest BCUT2D eigenvalue weighted by Crippen LogP contribution is -2.39. The van der Waals surface area contributed by atoms with Crippen LogP contribution in [0.4, 0.5) is 0 Å². The van der Waals surface area contributed by atoms with Crippen LogP contribution in [0.2, 0.25) is 0 Å². The molecule has 1 aromatic rings. The zero-order valence-corrected chi connectivity index (χ0v) is 14.4. The van der Waals surface area contributed by atoms with Crippen molar-refractivity contribution in [1.82, 2.24) is 15.6 Å². The molecule has 0 fully saturated rings. The van der Waals surface area contributed by atoms with Gasteiger partial charge in [-0.2, -0.15) is 0 Å². The van der Waals surface area contributed by atoms with Gasteiger partial charge in [-0.3, -0.25) is 4.99 Å². The first-order valence-electron chi connectivity index (χ1n) is 7.61. The lowest BCUT2D eigenvalue weighted by molar-refractivity contribution is 0.114. The third kappa shape index (κ3) is 8.02. The van der Waals surface area contributed by atoms with Crippen LogP contribution in [0.15, 0.2) is 11.2 Å². The van der Waals surface area contributed by atoms with Crippen LogP contribution in [0.1, 0.15) is 30.7 Å². The van der Waals surface area contributed by atoms with Crippen LogP contribution in [0.25, 0.3) is 0 Å². The molecule has 1 aromatic heterocycles. The molecule has 1 rings (SSSR count). The van der Waals surface area contributed by atoms with E-state index in [1.807, 2.05) is 6.20 Å². The predicted octanol–water partition coefficient (Wildman–Crippen LogP) is 2.09. The van der Waals surface area contributed by atoms with Gasteiger partial charge in [0.1, 0.15) is 0 Å². The number of hydrogen-bond donors (Lipinski definition) is 2. The van der Waals surface area contributed by atoms with Crippen molar-refractivity contribution in [3.05, 3.63) is 16.1 Å². The second kappa shape index (κ2) is 10.6. The molecule has 0 unspecified atom stereocenters. The van der Waals surface area contributed by atoms with E-state index >= 15 is 0 Å². The normalized spacial score (nSPS) is 12.0. The minimum Gasteiger partial charge on any atom is -0.379 e. The first kappa shape index (κ1) is 17.9. The topological polar surface area (TPSA) is 58.5 Å². The molecule has 6 heteroatoms. The minimum absolute atomic E-state index is 0.578. The Morgan fingerprint density at radius 2 is 2.14 bits per heavy atom. The van der Waals surface area contributed by atoms with Crippen molar-refractivity contribution in [3.63, 3.8) is 0 Å². The van der Waals surface area contributed by atoms with Gasteiger partial charge in [-0.05, 0) is 12.3 Å². The van der Waals surface area contributed by atoms with Crippen LogP contribution >= 0.6 is 11.3 Å². The highest BCUT2D eigenvalue weighted by molar-refractivity contribution is 7.11. The molecule has 21 heavy (non-hydrogen) atoms. The van der Waals surface area contributed by atoms with Crippen molar-refractivity contribution in [2.75, 3.05) is 33.4 Å². The molecule has 0 amide bonds. The maximum absolute atomic E-state index is 5.53. The number of nitrogens with one attached hydrogen (secondary N) is 2. The molecule has 0 aliphatic heterocycles. The number of hydrogen-bond acceptors (Lipinski definition) is 4. The zero-order valence-electron chi connectivity index (χ0n) is 13.6. The molecule has 1 heterocycles. The highest BCUT2D eigenvalue weighted by Gasteiger charge is 2.02. The second-order valence-electron chi connectivity index (χ2n) is 5.22. The van der Waals surface area contributed by atoms with E-state index in [0.717, 1.165) is 38.5 Å². The standard InChI is InChI=1S/C15H28N4OS/c1-5-13-10-19-14(21-13)6-7-17-15(16-4)18-8-9-20-11-12(2)3/h10,12H,5-9,11H2,1-4H3,(H2,16,17,18). The Morgan fingerprint density at radius 1 is 1.38 bits per heavy atom. The summed E-state index contributed by atoms with van der Waals surface area (Å²) < 4.78 is 5.53. The van der Waals surface area contributed by atoms with E-state index in [1.54, 1.807) is 18.4 Å². The lowest BCUT2D eigenvalue weighted by atomic mass is 10.2. The molecule has 0 atom stereocenters. The quantitative estimate of drug-likeness (QED) is 0.416. The van der Waals surface area contributed by atoms with Gasteiger partial charge >= 0.3 is 0 Å². The summed E-state index contributed by atoms with van der Waals surface area (Å²) in [4.78, 5) is 9.95. The fourth-order valence-electron chi connectivity index (χ4n) is 1.70. The first-order chi connectivity index (χ1) is 10.2. The number of nitrogens with zero attached hydrogens (tertiary/aromatic N) is 2. The summed E-state index contributed by atoms with van der Waals surface area (Å²) in [5.41, 5.74) is 0. The largest absolute Gasteiger partial charge is 0.379 e. The number of aromatic nitrogens is 1. The van der Waals surface area contributed by atoms with E-state index < -0.39 is 0 Å². The molecule has 0 aliphatic carbocycles. The zero-order chi connectivity index (χ0) is 15.5. The summed E-state index contributed by atoms with van der Waals surface area (Å²) in [6, 6.07) is 0. The number of thiazole rings is 1. The summed E-state index contributed by atoms with van der Waals surface area (Å²) in [5, 5.41) is 7.71. The number of rotatable bonds is 9. The summed E-state index contributed by atoms with van der Waals surface area (Å²) in [7, 11) is 1.78. The molecule has 2 N–H and O–H groups in total. The van der Waals surface area contributed by atoms with Crippen LogP contribution < -0.4 is 10.6 Å². The Hall–Kier alpha value is -1.14. The highest BCUT2D eigenvalue weighted by atomic mass is 32.1. The van der Waals surface area contributed by atoms with E-state index in [9.17, 15) is 0 Å². The molecule has 5 nitrogen and oxygen atoms in total. The van der Waals surface area contributed by atoms with Gasteiger partial charge in [0.25, 0.3) is 0 Å². The molecule has 120 valence electrons. The maximum atomic E-state index is 5.53. The highest BCUT2D eigenvalue weighted by Crippen LogP contribution is 2.13. The van der Waals surface area contributed by atoms with E-state index in [-0.39, 0.29) is 0 Å². The molecule has 0 radical (unpaired) electrons. The average Bonchev–Trinajstić information content (AvgIpc) is 2.92. The van der Waals surface area contributed by atoms with Gasteiger partial charge in [-0.1, -0.05) is 20.8 Å². The molecule has 0 spiro atoms. The number of guanidine groups is 1. The Bertz CT molecular complexity index is 418. The van der Waals surface area contributed by atoms with Crippen LogP contribution in [-0.2, 0) is 17.6 Å². The monoisotopic (exact) mass is 312 g/mol. The van der Waals surface area contributed by atoms with Gasteiger partial charge in [-0.25, -0.2) is 4.98 Å². The third-order valence-corrected chi connectivity index (χ3v) is 4.00. The van der Waals surface area contributed by atoms with Crippen LogP contribution in [0, 0.1) is 5.92 Å². The lowest BCUT2D eigenvalue weighted by Gasteiger charge is -2.12. The molecule has 0 bridgehead atoms. The van der Waals surface area contributed by atoms with Crippen molar-refractivity contribution in [2.24, 2.45) is 10.9 Å². The predicted molar refractivity (Wildman–Crippen MR) is 90.2 cm³/mol. The van der Waals surface area contributed by atoms with Crippen molar-refractivity contribution in [1.29, 1.82) is 0 Å². The van der Waals surface area contributed by atoms with Crippen molar-refractivity contribution in [2.45, 2.75) is 33.6 Å². The van der Waals surface area contributed by atoms with Gasteiger partial charge < -0.3 is 15.4 Å². The fraction of sp³-hybridized carbons (Fsp3) is 0.733. The molecular weight excluding hydrogens is 284 g/mol. The summed E-state index contributed by atoms with van der Waals surface area (Å²) in [6.45, 7) is 9.56. The smallest absolute Gasteiger partial charge is 0.191 e. The number of aryl methyl sites for hydroxylation is 1. The van der Waals surface area contributed by atoms with Crippen molar-refractivity contribution in [3.8, 4) is 0 Å². The Kier molecular flexibility index (Phi) is 9.01. The Balaban J connectivity index is 2.13. The van der Waals surface area contributed by atoms with Gasteiger partial charge in [0.2, 0.25) is 0 Å². The summed E-state index contributed by atoms with van der Waals surface area (Å²) in [6.07, 6.45) is 3.96. The SMILES string of the molecule is CCc1cnc(CCNC(=NC)NCCOCC(C)C)s1. The fourth-order valence-corrected chi connectivity index (χ4v) is 2.56.